The Bertz CT molecular complexity index is 1150. The maximum absolute atomic E-state index is 12.5. The number of hydrogen-bond donors (Lipinski definition) is 2. The number of nitrogens with one attached hydrogen (secondary N) is 2. The third-order valence-electron chi connectivity index (χ3n) is 5.80. The second-order valence-corrected chi connectivity index (χ2v) is 10.2. The number of fused-ring (bicyclic) bond motifs is 3. The number of rotatable bonds is 7. The van der Waals surface area contributed by atoms with Crippen molar-refractivity contribution in [3.63, 3.8) is 0 Å². The summed E-state index contributed by atoms with van der Waals surface area (Å²) in [6, 6.07) is 3.88. The van der Waals surface area contributed by atoms with E-state index in [1.165, 1.54) is 23.3 Å². The predicted molar refractivity (Wildman–Crippen MR) is 127 cm³/mol. The summed E-state index contributed by atoms with van der Waals surface area (Å²) < 4.78 is 0. The molecule has 2 N–H and O–H groups in total. The van der Waals surface area contributed by atoms with E-state index in [0.717, 1.165) is 54.1 Å². The standard InChI is InChI=1S/C22H25N5O2S2/c28-19(24-14-6-7-18(23-12-14)27-9-1-2-10-27)8-11-30-13-17-25-21(29)20-15-4-3-5-16(15)31-22(20)26-17/h6-7,12H,1-5,8-11,13H2,(H,24,28)(H,25,26,29). The van der Waals surface area contributed by atoms with E-state index in [-0.39, 0.29) is 11.5 Å². The lowest BCUT2D eigenvalue weighted by atomic mass is 10.2. The van der Waals surface area contributed by atoms with Crippen molar-refractivity contribution in [2.75, 3.05) is 29.1 Å². The van der Waals surface area contributed by atoms with Crippen molar-refractivity contribution < 1.29 is 4.79 Å². The van der Waals surface area contributed by atoms with Crippen molar-refractivity contribution in [3.8, 4) is 0 Å². The number of aryl methyl sites for hydroxylation is 2. The topological polar surface area (TPSA) is 91.0 Å². The quantitative estimate of drug-likeness (QED) is 0.528. The van der Waals surface area contributed by atoms with E-state index in [4.69, 9.17) is 0 Å². The van der Waals surface area contributed by atoms with Gasteiger partial charge in [-0.2, -0.15) is 11.8 Å². The molecule has 162 valence electrons. The highest BCUT2D eigenvalue weighted by Gasteiger charge is 2.21. The summed E-state index contributed by atoms with van der Waals surface area (Å²) in [5.74, 6) is 2.88. The van der Waals surface area contributed by atoms with Crippen LogP contribution < -0.4 is 15.8 Å². The van der Waals surface area contributed by atoms with E-state index < -0.39 is 0 Å². The zero-order chi connectivity index (χ0) is 21.2. The summed E-state index contributed by atoms with van der Waals surface area (Å²) in [6.45, 7) is 2.11. The minimum Gasteiger partial charge on any atom is -0.357 e. The van der Waals surface area contributed by atoms with Gasteiger partial charge in [-0.25, -0.2) is 9.97 Å². The molecule has 7 nitrogen and oxygen atoms in total. The highest BCUT2D eigenvalue weighted by atomic mass is 32.2. The van der Waals surface area contributed by atoms with Gasteiger partial charge in [0.25, 0.3) is 5.56 Å². The molecule has 1 aliphatic heterocycles. The average Bonchev–Trinajstić information content (AvgIpc) is 3.49. The third-order valence-corrected chi connectivity index (χ3v) is 7.95. The fourth-order valence-electron chi connectivity index (χ4n) is 4.27. The molecule has 9 heteroatoms. The molecule has 0 bridgehead atoms. The Morgan fingerprint density at radius 1 is 1.23 bits per heavy atom. The average molecular weight is 456 g/mol. The van der Waals surface area contributed by atoms with Gasteiger partial charge >= 0.3 is 0 Å². The molecule has 1 saturated heterocycles. The van der Waals surface area contributed by atoms with Crippen LogP contribution in [0.15, 0.2) is 23.1 Å². The lowest BCUT2D eigenvalue weighted by molar-refractivity contribution is -0.115. The van der Waals surface area contributed by atoms with Gasteiger partial charge in [-0.1, -0.05) is 0 Å². The number of thiophene rings is 1. The second-order valence-electron chi connectivity index (χ2n) is 8.00. The highest BCUT2D eigenvalue weighted by Crippen LogP contribution is 2.34. The lowest BCUT2D eigenvalue weighted by Crippen LogP contribution is -2.19. The first kappa shape index (κ1) is 20.5. The van der Waals surface area contributed by atoms with Gasteiger partial charge in [-0.05, 0) is 49.8 Å². The van der Waals surface area contributed by atoms with Crippen molar-refractivity contribution in [2.45, 2.75) is 44.3 Å². The molecule has 0 radical (unpaired) electrons. The molecule has 2 aliphatic rings. The van der Waals surface area contributed by atoms with E-state index in [1.54, 1.807) is 29.3 Å². The van der Waals surface area contributed by atoms with Crippen LogP contribution >= 0.6 is 23.1 Å². The summed E-state index contributed by atoms with van der Waals surface area (Å²) in [5.41, 5.74) is 1.90. The third kappa shape index (κ3) is 4.48. The molecule has 3 aromatic rings. The zero-order valence-corrected chi connectivity index (χ0v) is 18.9. The number of carbonyl (C=O) groups excluding carboxylic acids is 1. The van der Waals surface area contributed by atoms with Gasteiger partial charge in [0, 0.05) is 30.1 Å². The van der Waals surface area contributed by atoms with E-state index >= 15 is 0 Å². The second kappa shape index (κ2) is 9.00. The van der Waals surface area contributed by atoms with Crippen LogP contribution in [0.2, 0.25) is 0 Å². The minimum atomic E-state index is -0.0326. The number of aromatic nitrogens is 3. The molecule has 4 heterocycles. The molecule has 1 aliphatic carbocycles. The van der Waals surface area contributed by atoms with Gasteiger partial charge in [-0.3, -0.25) is 9.59 Å². The Hall–Kier alpha value is -2.39. The molecular formula is C22H25N5O2S2. The number of hydrogen-bond acceptors (Lipinski definition) is 7. The maximum Gasteiger partial charge on any atom is 0.259 e. The molecule has 3 aromatic heterocycles. The highest BCUT2D eigenvalue weighted by molar-refractivity contribution is 7.98. The van der Waals surface area contributed by atoms with Gasteiger partial charge in [0.05, 0.1) is 23.0 Å². The summed E-state index contributed by atoms with van der Waals surface area (Å²) in [6.07, 6.45) is 7.73. The van der Waals surface area contributed by atoms with Crippen molar-refractivity contribution in [2.24, 2.45) is 0 Å². The molecule has 1 fully saturated rings. The lowest BCUT2D eigenvalue weighted by Gasteiger charge is -2.16. The smallest absolute Gasteiger partial charge is 0.259 e. The zero-order valence-electron chi connectivity index (χ0n) is 17.3. The van der Waals surface area contributed by atoms with E-state index in [2.05, 4.69) is 25.2 Å². The molecule has 1 amide bonds. The number of thioether (sulfide) groups is 1. The number of aromatic amines is 1. The first-order valence-electron chi connectivity index (χ1n) is 10.8. The Morgan fingerprint density at radius 3 is 2.90 bits per heavy atom. The monoisotopic (exact) mass is 455 g/mol. The summed E-state index contributed by atoms with van der Waals surface area (Å²) in [4.78, 5) is 41.2. The number of H-pyrrole nitrogens is 1. The molecule has 5 rings (SSSR count). The fraction of sp³-hybridized carbons (Fsp3) is 0.455. The fourth-order valence-corrected chi connectivity index (χ4v) is 6.35. The Labute approximate surface area is 188 Å². The molecule has 0 aromatic carbocycles. The Morgan fingerprint density at radius 2 is 2.10 bits per heavy atom. The van der Waals surface area contributed by atoms with E-state index in [1.807, 2.05) is 12.1 Å². The normalized spacial score (nSPS) is 15.5. The SMILES string of the molecule is O=C(CCSCc1nc2sc3c(c2c(=O)[nH]1)CCC3)Nc1ccc(N2CCCC2)nc1. The molecule has 0 atom stereocenters. The van der Waals surface area contributed by atoms with Crippen molar-refractivity contribution >= 4 is 50.7 Å². The van der Waals surface area contributed by atoms with Crippen molar-refractivity contribution in [1.29, 1.82) is 0 Å². The summed E-state index contributed by atoms with van der Waals surface area (Å²) in [5, 5.41) is 3.70. The number of nitrogens with zero attached hydrogens (tertiary/aromatic N) is 3. The Balaban J connectivity index is 1.10. The van der Waals surface area contributed by atoms with Crippen LogP contribution in [-0.2, 0) is 23.4 Å². The molecule has 0 saturated carbocycles. The van der Waals surface area contributed by atoms with Crippen molar-refractivity contribution in [3.05, 3.63) is 44.9 Å². The van der Waals surface area contributed by atoms with Crippen LogP contribution in [-0.4, -0.2) is 39.7 Å². The minimum absolute atomic E-state index is 0.0254. The van der Waals surface area contributed by atoms with Crippen LogP contribution in [0.4, 0.5) is 11.5 Å². The van der Waals surface area contributed by atoms with E-state index in [0.29, 0.717) is 23.8 Å². The molecular weight excluding hydrogens is 430 g/mol. The van der Waals surface area contributed by atoms with Gasteiger partial charge in [0.1, 0.15) is 16.5 Å². The van der Waals surface area contributed by atoms with Crippen LogP contribution in [0.25, 0.3) is 10.2 Å². The Kier molecular flexibility index (Phi) is 5.95. The number of anilines is 2. The largest absolute Gasteiger partial charge is 0.357 e. The van der Waals surface area contributed by atoms with Gasteiger partial charge < -0.3 is 15.2 Å². The molecule has 0 unspecified atom stereocenters. The number of pyridine rings is 1. The predicted octanol–water partition coefficient (Wildman–Crippen LogP) is 3.73. The maximum atomic E-state index is 12.5. The molecule has 0 spiro atoms. The molecule has 31 heavy (non-hydrogen) atoms. The van der Waals surface area contributed by atoms with Crippen LogP contribution in [0.3, 0.4) is 0 Å². The summed E-state index contributed by atoms with van der Waals surface area (Å²) in [7, 11) is 0. The van der Waals surface area contributed by atoms with Crippen molar-refractivity contribution in [1.82, 2.24) is 15.0 Å². The van der Waals surface area contributed by atoms with Crippen LogP contribution in [0.5, 0.6) is 0 Å². The van der Waals surface area contributed by atoms with Gasteiger partial charge in [-0.15, -0.1) is 11.3 Å². The van der Waals surface area contributed by atoms with E-state index in [9.17, 15) is 9.59 Å². The number of amides is 1. The van der Waals surface area contributed by atoms with Crippen LogP contribution in [0.1, 0.15) is 41.9 Å². The van der Waals surface area contributed by atoms with Gasteiger partial charge in [0.2, 0.25) is 5.91 Å². The van der Waals surface area contributed by atoms with Gasteiger partial charge in [0.15, 0.2) is 0 Å². The number of carbonyl (C=O) groups is 1. The summed E-state index contributed by atoms with van der Waals surface area (Å²) >= 11 is 3.26. The van der Waals surface area contributed by atoms with Crippen LogP contribution in [0, 0.1) is 0 Å². The first-order chi connectivity index (χ1) is 15.2. The first-order valence-corrected chi connectivity index (χ1v) is 12.8.